The summed E-state index contributed by atoms with van der Waals surface area (Å²) >= 11 is 0. The second-order valence-corrected chi connectivity index (χ2v) is 3.34. The fourth-order valence-corrected chi connectivity index (χ4v) is 1.55. The van der Waals surface area contributed by atoms with Crippen molar-refractivity contribution < 1.29 is 14.6 Å². The number of hydrogen-bond acceptors (Lipinski definition) is 4. The van der Waals surface area contributed by atoms with Crippen LogP contribution in [0.25, 0.3) is 0 Å². The minimum atomic E-state index is -0.363. The van der Waals surface area contributed by atoms with Crippen LogP contribution in [0.1, 0.15) is 13.3 Å². The van der Waals surface area contributed by atoms with Gasteiger partial charge in [0.2, 0.25) is 0 Å². The number of methoxy groups -OCH3 is 1. The largest absolute Gasteiger partial charge is 0.394 e. The standard InChI is InChI=1S/C8H17NO3/c1-5-3-6(9)8(11-2)12-7(5)4-10/h5-8,10H,3-4,9H2,1-2H3. The van der Waals surface area contributed by atoms with Gasteiger partial charge in [-0.1, -0.05) is 6.92 Å². The third-order valence-electron chi connectivity index (χ3n) is 2.35. The summed E-state index contributed by atoms with van der Waals surface area (Å²) in [6, 6.07) is -0.0761. The van der Waals surface area contributed by atoms with Gasteiger partial charge >= 0.3 is 0 Å². The van der Waals surface area contributed by atoms with Gasteiger partial charge in [0, 0.05) is 7.11 Å². The van der Waals surface area contributed by atoms with E-state index >= 15 is 0 Å². The third kappa shape index (κ3) is 1.95. The lowest BCUT2D eigenvalue weighted by Gasteiger charge is -2.37. The van der Waals surface area contributed by atoms with Gasteiger partial charge in [-0.15, -0.1) is 0 Å². The molecule has 1 saturated heterocycles. The average molecular weight is 175 g/mol. The summed E-state index contributed by atoms with van der Waals surface area (Å²) in [5, 5.41) is 8.94. The molecule has 0 aliphatic carbocycles. The molecule has 0 aromatic carbocycles. The van der Waals surface area contributed by atoms with Gasteiger partial charge in [-0.2, -0.15) is 0 Å². The average Bonchev–Trinajstić information content (AvgIpc) is 2.05. The number of aliphatic hydroxyl groups excluding tert-OH is 1. The van der Waals surface area contributed by atoms with Crippen molar-refractivity contribution in [3.63, 3.8) is 0 Å². The predicted octanol–water partition coefficient (Wildman–Crippen LogP) is -0.296. The Kier molecular flexibility index (Phi) is 3.46. The molecule has 0 saturated carbocycles. The summed E-state index contributed by atoms with van der Waals surface area (Å²) in [6.07, 6.45) is 0.345. The summed E-state index contributed by atoms with van der Waals surface area (Å²) in [6.45, 7) is 2.06. The van der Waals surface area contributed by atoms with Crippen LogP contribution in [0.3, 0.4) is 0 Å². The zero-order chi connectivity index (χ0) is 9.14. The molecule has 1 fully saturated rings. The Morgan fingerprint density at radius 2 is 2.33 bits per heavy atom. The van der Waals surface area contributed by atoms with Crippen LogP contribution < -0.4 is 5.73 Å². The number of ether oxygens (including phenoxy) is 2. The number of hydrogen-bond donors (Lipinski definition) is 2. The first kappa shape index (κ1) is 9.92. The number of nitrogens with two attached hydrogens (primary N) is 1. The normalized spacial score (nSPS) is 43.0. The van der Waals surface area contributed by atoms with Gasteiger partial charge in [0.1, 0.15) is 0 Å². The molecule has 0 spiro atoms. The molecule has 1 aliphatic rings. The van der Waals surface area contributed by atoms with Crippen LogP contribution >= 0.6 is 0 Å². The van der Waals surface area contributed by atoms with Crippen molar-refractivity contribution in [3.8, 4) is 0 Å². The third-order valence-corrected chi connectivity index (χ3v) is 2.35. The highest BCUT2D eigenvalue weighted by Gasteiger charge is 2.33. The Balaban J connectivity index is 2.50. The van der Waals surface area contributed by atoms with Crippen molar-refractivity contribution in [3.05, 3.63) is 0 Å². The Morgan fingerprint density at radius 3 is 2.83 bits per heavy atom. The van der Waals surface area contributed by atoms with Crippen LogP contribution in [0.4, 0.5) is 0 Å². The molecule has 0 amide bonds. The first-order valence-electron chi connectivity index (χ1n) is 4.23. The zero-order valence-corrected chi connectivity index (χ0v) is 7.56. The Morgan fingerprint density at radius 1 is 1.67 bits per heavy atom. The smallest absolute Gasteiger partial charge is 0.172 e. The van der Waals surface area contributed by atoms with E-state index in [-0.39, 0.29) is 25.0 Å². The van der Waals surface area contributed by atoms with Gasteiger partial charge in [0.15, 0.2) is 6.29 Å². The molecule has 3 N–H and O–H groups in total. The molecule has 4 atom stereocenters. The van der Waals surface area contributed by atoms with Crippen molar-refractivity contribution in [1.29, 1.82) is 0 Å². The van der Waals surface area contributed by atoms with Crippen LogP contribution in [-0.2, 0) is 9.47 Å². The molecule has 12 heavy (non-hydrogen) atoms. The molecule has 1 aliphatic heterocycles. The van der Waals surface area contributed by atoms with Gasteiger partial charge in [-0.25, -0.2) is 0 Å². The Labute approximate surface area is 72.6 Å². The molecule has 4 heteroatoms. The quantitative estimate of drug-likeness (QED) is 0.605. The lowest BCUT2D eigenvalue weighted by molar-refractivity contribution is -0.212. The summed E-state index contributed by atoms with van der Waals surface area (Å²) in [5.41, 5.74) is 5.77. The van der Waals surface area contributed by atoms with E-state index in [1.165, 1.54) is 0 Å². The molecule has 1 heterocycles. The van der Waals surface area contributed by atoms with Crippen LogP contribution in [0.15, 0.2) is 0 Å². The van der Waals surface area contributed by atoms with Gasteiger partial charge in [0.05, 0.1) is 18.8 Å². The second kappa shape index (κ2) is 4.18. The van der Waals surface area contributed by atoms with Gasteiger partial charge in [-0.05, 0) is 12.3 Å². The molecule has 4 unspecified atom stereocenters. The van der Waals surface area contributed by atoms with E-state index in [1.54, 1.807) is 7.11 Å². The summed E-state index contributed by atoms with van der Waals surface area (Å²) in [4.78, 5) is 0. The van der Waals surface area contributed by atoms with Crippen LogP contribution in [-0.4, -0.2) is 37.3 Å². The lowest BCUT2D eigenvalue weighted by Crippen LogP contribution is -2.49. The highest BCUT2D eigenvalue weighted by molar-refractivity contribution is 4.80. The molecule has 0 aromatic heterocycles. The van der Waals surface area contributed by atoms with Crippen LogP contribution in [0.5, 0.6) is 0 Å². The van der Waals surface area contributed by atoms with Gasteiger partial charge < -0.3 is 20.3 Å². The van der Waals surface area contributed by atoms with E-state index in [0.717, 1.165) is 6.42 Å². The molecule has 0 radical (unpaired) electrons. The van der Waals surface area contributed by atoms with Gasteiger partial charge in [0.25, 0.3) is 0 Å². The molecule has 0 bridgehead atoms. The van der Waals surface area contributed by atoms with Crippen LogP contribution in [0.2, 0.25) is 0 Å². The second-order valence-electron chi connectivity index (χ2n) is 3.34. The van der Waals surface area contributed by atoms with E-state index < -0.39 is 0 Å². The maximum Gasteiger partial charge on any atom is 0.172 e. The van der Waals surface area contributed by atoms with Crippen molar-refractivity contribution in [1.82, 2.24) is 0 Å². The van der Waals surface area contributed by atoms with Crippen molar-refractivity contribution >= 4 is 0 Å². The molecule has 0 aromatic rings. The molecule has 4 nitrogen and oxygen atoms in total. The monoisotopic (exact) mass is 175 g/mol. The van der Waals surface area contributed by atoms with E-state index in [2.05, 4.69) is 0 Å². The number of aliphatic hydroxyl groups is 1. The Hall–Kier alpha value is -0.160. The van der Waals surface area contributed by atoms with Gasteiger partial charge in [-0.3, -0.25) is 0 Å². The van der Waals surface area contributed by atoms with Crippen molar-refractivity contribution in [2.45, 2.75) is 31.8 Å². The Bertz CT molecular complexity index is 128. The minimum absolute atomic E-state index is 0.0355. The highest BCUT2D eigenvalue weighted by Crippen LogP contribution is 2.23. The molecular weight excluding hydrogens is 158 g/mol. The molecule has 72 valence electrons. The van der Waals surface area contributed by atoms with E-state index in [0.29, 0.717) is 5.92 Å². The van der Waals surface area contributed by atoms with Crippen LogP contribution in [0, 0.1) is 5.92 Å². The topological polar surface area (TPSA) is 64.7 Å². The predicted molar refractivity (Wildman–Crippen MR) is 44.5 cm³/mol. The van der Waals surface area contributed by atoms with Crippen molar-refractivity contribution in [2.75, 3.05) is 13.7 Å². The first-order valence-corrected chi connectivity index (χ1v) is 4.23. The summed E-state index contributed by atoms with van der Waals surface area (Å²) in [7, 11) is 1.56. The maximum absolute atomic E-state index is 8.94. The first-order chi connectivity index (χ1) is 5.69. The van der Waals surface area contributed by atoms with E-state index in [4.69, 9.17) is 20.3 Å². The lowest BCUT2D eigenvalue weighted by atomic mass is 9.93. The SMILES string of the molecule is COC1OC(CO)C(C)CC1N. The summed E-state index contributed by atoms with van der Waals surface area (Å²) < 4.78 is 10.4. The molecule has 1 rings (SSSR count). The molecular formula is C8H17NO3. The number of rotatable bonds is 2. The fraction of sp³-hybridized carbons (Fsp3) is 1.00. The van der Waals surface area contributed by atoms with Crippen molar-refractivity contribution in [2.24, 2.45) is 11.7 Å². The van der Waals surface area contributed by atoms with E-state index in [1.807, 2.05) is 6.92 Å². The summed E-state index contributed by atoms with van der Waals surface area (Å²) in [5.74, 6) is 0.302. The van der Waals surface area contributed by atoms with E-state index in [9.17, 15) is 0 Å². The fourth-order valence-electron chi connectivity index (χ4n) is 1.55. The zero-order valence-electron chi connectivity index (χ0n) is 7.56. The minimum Gasteiger partial charge on any atom is -0.394 e. The highest BCUT2D eigenvalue weighted by atomic mass is 16.7. The maximum atomic E-state index is 8.94.